The Balaban J connectivity index is 1.88. The van der Waals surface area contributed by atoms with Gasteiger partial charge in [-0.25, -0.2) is 0 Å². The molecule has 1 aliphatic heterocycles. The molecule has 0 amide bonds. The third kappa shape index (κ3) is 0.592. The zero-order chi connectivity index (χ0) is 7.42. The lowest BCUT2D eigenvalue weighted by Gasteiger charge is -2.43. The van der Waals surface area contributed by atoms with Gasteiger partial charge in [-0.1, -0.05) is 6.42 Å². The Bertz CT molecular complexity index is 212. The van der Waals surface area contributed by atoms with Crippen LogP contribution in [0.25, 0.3) is 0 Å². The van der Waals surface area contributed by atoms with Crippen LogP contribution in [0.4, 0.5) is 0 Å². The van der Waals surface area contributed by atoms with Gasteiger partial charge in [-0.3, -0.25) is 0 Å². The second-order valence-corrected chi connectivity index (χ2v) is 4.30. The first-order valence-corrected chi connectivity index (χ1v) is 4.78. The van der Waals surface area contributed by atoms with Crippen molar-refractivity contribution < 1.29 is 0 Å². The van der Waals surface area contributed by atoms with Crippen molar-refractivity contribution in [1.29, 1.82) is 0 Å². The third-order valence-corrected chi connectivity index (χ3v) is 3.89. The molecular weight excluding hydrogens is 136 g/mol. The SMILES string of the molecule is CC1N=NC2C3CCCC3C12. The standard InChI is InChI=1S/C9H14N2/c1-5-8-6-3-2-4-7(6)9(8)11-10-5/h5-9H,2-4H2,1H3. The van der Waals surface area contributed by atoms with Crippen LogP contribution in [0, 0.1) is 17.8 Å². The molecule has 0 N–H and O–H groups in total. The second-order valence-electron chi connectivity index (χ2n) is 4.30. The molecule has 2 heteroatoms. The molecule has 2 aliphatic carbocycles. The van der Waals surface area contributed by atoms with Crippen molar-refractivity contribution in [3.8, 4) is 0 Å². The summed E-state index contributed by atoms with van der Waals surface area (Å²) in [5, 5.41) is 8.62. The number of rotatable bonds is 0. The summed E-state index contributed by atoms with van der Waals surface area (Å²) in [4.78, 5) is 0. The lowest BCUT2D eigenvalue weighted by molar-refractivity contribution is 0.0742. The molecule has 2 fully saturated rings. The van der Waals surface area contributed by atoms with E-state index in [9.17, 15) is 0 Å². The molecular formula is C9H14N2. The van der Waals surface area contributed by atoms with Crippen molar-refractivity contribution in [2.75, 3.05) is 0 Å². The van der Waals surface area contributed by atoms with E-state index in [0.29, 0.717) is 12.1 Å². The minimum Gasteiger partial charge on any atom is -0.190 e. The molecule has 0 aromatic carbocycles. The maximum Gasteiger partial charge on any atom is 0.0791 e. The predicted molar refractivity (Wildman–Crippen MR) is 42.4 cm³/mol. The van der Waals surface area contributed by atoms with Crippen molar-refractivity contribution >= 4 is 0 Å². The maximum atomic E-state index is 4.35. The fourth-order valence-electron chi connectivity index (χ4n) is 3.38. The van der Waals surface area contributed by atoms with E-state index < -0.39 is 0 Å². The minimum atomic E-state index is 0.541. The number of fused-ring (bicyclic) bond motifs is 4. The molecule has 1 heterocycles. The first-order chi connectivity index (χ1) is 5.38. The summed E-state index contributed by atoms with van der Waals surface area (Å²) >= 11 is 0. The van der Waals surface area contributed by atoms with Crippen molar-refractivity contribution in [3.63, 3.8) is 0 Å². The molecule has 0 radical (unpaired) electrons. The van der Waals surface area contributed by atoms with E-state index in [4.69, 9.17) is 0 Å². The number of hydrogen-bond acceptors (Lipinski definition) is 2. The molecule has 3 aliphatic rings. The Labute approximate surface area is 67.1 Å². The van der Waals surface area contributed by atoms with Gasteiger partial charge in [-0.2, -0.15) is 10.2 Å². The van der Waals surface area contributed by atoms with Gasteiger partial charge in [0.1, 0.15) is 0 Å². The Morgan fingerprint density at radius 2 is 1.91 bits per heavy atom. The highest BCUT2D eigenvalue weighted by atomic mass is 15.2. The molecule has 0 spiro atoms. The number of nitrogens with zero attached hydrogens (tertiary/aromatic N) is 2. The summed E-state index contributed by atoms with van der Waals surface area (Å²) < 4.78 is 0. The van der Waals surface area contributed by atoms with Crippen molar-refractivity contribution in [2.24, 2.45) is 28.0 Å². The van der Waals surface area contributed by atoms with Crippen molar-refractivity contribution in [2.45, 2.75) is 38.3 Å². The van der Waals surface area contributed by atoms with Crippen LogP contribution >= 0.6 is 0 Å². The van der Waals surface area contributed by atoms with Crippen LogP contribution in [0.1, 0.15) is 26.2 Å². The van der Waals surface area contributed by atoms with E-state index >= 15 is 0 Å². The molecule has 5 unspecified atom stereocenters. The van der Waals surface area contributed by atoms with E-state index in [1.807, 2.05) is 0 Å². The third-order valence-electron chi connectivity index (χ3n) is 3.89. The Kier molecular flexibility index (Phi) is 1.03. The summed E-state index contributed by atoms with van der Waals surface area (Å²) in [6, 6.07) is 1.19. The number of azo groups is 1. The first kappa shape index (κ1) is 6.15. The maximum absolute atomic E-state index is 4.35. The van der Waals surface area contributed by atoms with Crippen molar-refractivity contribution in [1.82, 2.24) is 0 Å². The zero-order valence-corrected chi connectivity index (χ0v) is 6.90. The Hall–Kier alpha value is -0.400. The molecule has 0 aromatic heterocycles. The lowest BCUT2D eigenvalue weighted by Crippen LogP contribution is -2.48. The van der Waals surface area contributed by atoms with E-state index in [0.717, 1.165) is 17.8 Å². The molecule has 5 atom stereocenters. The van der Waals surface area contributed by atoms with Crippen LogP contribution in [0.5, 0.6) is 0 Å². The molecule has 60 valence electrons. The minimum absolute atomic E-state index is 0.541. The first-order valence-electron chi connectivity index (χ1n) is 4.78. The summed E-state index contributed by atoms with van der Waals surface area (Å²) in [6.45, 7) is 2.22. The van der Waals surface area contributed by atoms with E-state index in [1.54, 1.807) is 0 Å². The molecule has 0 saturated heterocycles. The van der Waals surface area contributed by atoms with Gasteiger partial charge in [0.15, 0.2) is 0 Å². The van der Waals surface area contributed by atoms with Crippen LogP contribution < -0.4 is 0 Å². The summed E-state index contributed by atoms with van der Waals surface area (Å²) in [6.07, 6.45) is 4.34. The van der Waals surface area contributed by atoms with Gasteiger partial charge in [0.25, 0.3) is 0 Å². The van der Waals surface area contributed by atoms with Gasteiger partial charge in [0.2, 0.25) is 0 Å². The van der Waals surface area contributed by atoms with Gasteiger partial charge in [0.05, 0.1) is 12.1 Å². The highest BCUT2D eigenvalue weighted by molar-refractivity contribution is 5.09. The average molecular weight is 150 g/mol. The molecule has 0 aromatic rings. The van der Waals surface area contributed by atoms with Crippen LogP contribution in [0.3, 0.4) is 0 Å². The van der Waals surface area contributed by atoms with Crippen LogP contribution in [0.2, 0.25) is 0 Å². The molecule has 2 nitrogen and oxygen atoms in total. The van der Waals surface area contributed by atoms with Gasteiger partial charge < -0.3 is 0 Å². The van der Waals surface area contributed by atoms with Gasteiger partial charge in [-0.05, 0) is 31.6 Å². The molecule has 0 bridgehead atoms. The quantitative estimate of drug-likeness (QED) is 0.506. The average Bonchev–Trinajstić information content (AvgIpc) is 2.43. The fourth-order valence-corrected chi connectivity index (χ4v) is 3.38. The predicted octanol–water partition coefficient (Wildman–Crippen LogP) is 2.26. The van der Waals surface area contributed by atoms with E-state index in [1.165, 1.54) is 19.3 Å². The second kappa shape index (κ2) is 1.85. The largest absolute Gasteiger partial charge is 0.190 e. The highest BCUT2D eigenvalue weighted by Gasteiger charge is 2.56. The van der Waals surface area contributed by atoms with Crippen LogP contribution in [-0.4, -0.2) is 12.1 Å². The topological polar surface area (TPSA) is 24.7 Å². The summed E-state index contributed by atoms with van der Waals surface area (Å²) in [7, 11) is 0. The number of hydrogen-bond donors (Lipinski definition) is 0. The van der Waals surface area contributed by atoms with Gasteiger partial charge in [0, 0.05) is 5.92 Å². The Morgan fingerprint density at radius 3 is 2.82 bits per heavy atom. The van der Waals surface area contributed by atoms with Crippen LogP contribution in [0.15, 0.2) is 10.2 Å². The lowest BCUT2D eigenvalue weighted by atomic mass is 9.61. The fraction of sp³-hybridized carbons (Fsp3) is 1.00. The summed E-state index contributed by atoms with van der Waals surface area (Å²) in [5.74, 6) is 2.79. The highest BCUT2D eigenvalue weighted by Crippen LogP contribution is 2.56. The molecule has 11 heavy (non-hydrogen) atoms. The van der Waals surface area contributed by atoms with Gasteiger partial charge in [-0.15, -0.1) is 0 Å². The van der Waals surface area contributed by atoms with Crippen molar-refractivity contribution in [3.05, 3.63) is 0 Å². The van der Waals surface area contributed by atoms with Gasteiger partial charge >= 0.3 is 0 Å². The smallest absolute Gasteiger partial charge is 0.0791 e. The monoisotopic (exact) mass is 150 g/mol. The summed E-state index contributed by atoms with van der Waals surface area (Å²) in [5.41, 5.74) is 0. The van der Waals surface area contributed by atoms with Crippen LogP contribution in [-0.2, 0) is 0 Å². The zero-order valence-electron chi connectivity index (χ0n) is 6.90. The molecule has 3 rings (SSSR count). The molecule has 2 saturated carbocycles. The Morgan fingerprint density at radius 1 is 1.09 bits per heavy atom. The van der Waals surface area contributed by atoms with E-state index in [-0.39, 0.29) is 0 Å². The van der Waals surface area contributed by atoms with E-state index in [2.05, 4.69) is 17.2 Å². The normalized spacial score (nSPS) is 58.8.